The first kappa shape index (κ1) is 66.8. The zero-order chi connectivity index (χ0) is 51.4. The molecule has 1 unspecified atom stereocenters. The predicted octanol–water partition coefficient (Wildman–Crippen LogP) is 19.6. The fourth-order valence-corrected chi connectivity index (χ4v) is 7.64. The zero-order valence-corrected chi connectivity index (χ0v) is 45.9. The molecule has 0 aromatic rings. The highest BCUT2D eigenvalue weighted by molar-refractivity contribution is 5.71. The monoisotopic (exact) mass is 983 g/mol. The summed E-state index contributed by atoms with van der Waals surface area (Å²) in [6.07, 6.45) is 80.5. The summed E-state index contributed by atoms with van der Waals surface area (Å²) in [4.78, 5) is 38.1. The van der Waals surface area contributed by atoms with Gasteiger partial charge >= 0.3 is 17.9 Å². The van der Waals surface area contributed by atoms with Gasteiger partial charge < -0.3 is 14.2 Å². The summed E-state index contributed by atoms with van der Waals surface area (Å²) in [6.45, 7) is 6.34. The summed E-state index contributed by atoms with van der Waals surface area (Å²) >= 11 is 0. The van der Waals surface area contributed by atoms with Crippen LogP contribution in [0.15, 0.2) is 122 Å². The van der Waals surface area contributed by atoms with E-state index in [-0.39, 0.29) is 37.5 Å². The maximum absolute atomic E-state index is 12.8. The van der Waals surface area contributed by atoms with Crippen LogP contribution in [0.2, 0.25) is 0 Å². The average Bonchev–Trinajstić information content (AvgIpc) is 3.37. The van der Waals surface area contributed by atoms with Crippen molar-refractivity contribution in [3.8, 4) is 0 Å². The Morgan fingerprint density at radius 3 is 0.915 bits per heavy atom. The van der Waals surface area contributed by atoms with E-state index in [4.69, 9.17) is 14.2 Å². The molecule has 0 heterocycles. The molecule has 0 aliphatic carbocycles. The summed E-state index contributed by atoms with van der Waals surface area (Å²) in [7, 11) is 0. The first-order valence-corrected chi connectivity index (χ1v) is 29.0. The second-order valence-corrected chi connectivity index (χ2v) is 18.8. The third kappa shape index (κ3) is 56.6. The van der Waals surface area contributed by atoms with Crippen molar-refractivity contribution in [2.75, 3.05) is 13.2 Å². The van der Waals surface area contributed by atoms with Crippen LogP contribution in [0.1, 0.15) is 252 Å². The van der Waals surface area contributed by atoms with E-state index < -0.39 is 6.10 Å². The Morgan fingerprint density at radius 2 is 0.563 bits per heavy atom. The van der Waals surface area contributed by atoms with E-state index in [9.17, 15) is 14.4 Å². The molecule has 0 aliphatic heterocycles. The maximum Gasteiger partial charge on any atom is 0.306 e. The van der Waals surface area contributed by atoms with Gasteiger partial charge in [0.2, 0.25) is 0 Å². The van der Waals surface area contributed by atoms with Crippen LogP contribution >= 0.6 is 0 Å². The van der Waals surface area contributed by atoms with Gasteiger partial charge in [-0.1, -0.05) is 232 Å². The lowest BCUT2D eigenvalue weighted by Crippen LogP contribution is -2.30. The van der Waals surface area contributed by atoms with Crippen molar-refractivity contribution in [2.45, 2.75) is 258 Å². The van der Waals surface area contributed by atoms with Gasteiger partial charge in [0, 0.05) is 19.3 Å². The number of allylic oxidation sites excluding steroid dienone is 20. The molecular weight excluding hydrogens is 877 g/mol. The number of hydrogen-bond acceptors (Lipinski definition) is 6. The molecule has 0 saturated carbocycles. The molecule has 0 aliphatic rings. The molecule has 0 aromatic carbocycles. The lowest BCUT2D eigenvalue weighted by molar-refractivity contribution is -0.167. The zero-order valence-electron chi connectivity index (χ0n) is 45.9. The number of rotatable bonds is 51. The molecule has 6 heteroatoms. The molecule has 0 amide bonds. The quantitative estimate of drug-likeness (QED) is 0.0261. The highest BCUT2D eigenvalue weighted by atomic mass is 16.6. The van der Waals surface area contributed by atoms with Gasteiger partial charge in [-0.25, -0.2) is 0 Å². The Bertz CT molecular complexity index is 1500. The fraction of sp³-hybridized carbons (Fsp3) is 0.646. The minimum Gasteiger partial charge on any atom is -0.462 e. The molecular formula is C65H106O6. The molecule has 6 nitrogen and oxygen atoms in total. The van der Waals surface area contributed by atoms with Gasteiger partial charge in [-0.05, 0) is 122 Å². The van der Waals surface area contributed by atoms with E-state index in [0.717, 1.165) is 116 Å². The Labute approximate surface area is 437 Å². The van der Waals surface area contributed by atoms with E-state index in [1.165, 1.54) is 89.9 Å². The Kier molecular flexibility index (Phi) is 54.9. The maximum atomic E-state index is 12.8. The van der Waals surface area contributed by atoms with Crippen LogP contribution in [0.4, 0.5) is 0 Å². The van der Waals surface area contributed by atoms with Gasteiger partial charge in [-0.3, -0.25) is 14.4 Å². The molecule has 0 rings (SSSR count). The number of hydrogen-bond donors (Lipinski definition) is 0. The number of unbranched alkanes of at least 4 members (excludes halogenated alkanes) is 20. The van der Waals surface area contributed by atoms with Gasteiger partial charge in [-0.2, -0.15) is 0 Å². The molecule has 402 valence electrons. The first-order chi connectivity index (χ1) is 35.0. The van der Waals surface area contributed by atoms with Crippen molar-refractivity contribution in [1.29, 1.82) is 0 Å². The van der Waals surface area contributed by atoms with E-state index in [1.807, 2.05) is 0 Å². The van der Waals surface area contributed by atoms with E-state index in [0.29, 0.717) is 19.3 Å². The van der Waals surface area contributed by atoms with Crippen LogP contribution in [-0.2, 0) is 28.6 Å². The van der Waals surface area contributed by atoms with Crippen LogP contribution in [-0.4, -0.2) is 37.2 Å². The second kappa shape index (κ2) is 58.4. The molecule has 1 atom stereocenters. The molecule has 0 fully saturated rings. The molecule has 0 aromatic heterocycles. The number of esters is 3. The van der Waals surface area contributed by atoms with Gasteiger partial charge in [0.05, 0.1) is 0 Å². The summed E-state index contributed by atoms with van der Waals surface area (Å²) in [5, 5.41) is 0. The summed E-state index contributed by atoms with van der Waals surface area (Å²) in [5.41, 5.74) is 0. The minimum atomic E-state index is -0.816. The van der Waals surface area contributed by atoms with Crippen LogP contribution in [0.3, 0.4) is 0 Å². The standard InChI is InChI=1S/C65H106O6/c1-4-7-10-13-16-19-22-25-27-29-30-31-32-33-34-36-37-40-43-46-49-52-55-58-64(67)70-61-62(60-69-63(66)57-54-51-48-45-42-39-24-21-18-15-12-9-6-3)71-65(68)59-56-53-50-47-44-41-38-35-28-26-23-20-17-14-11-8-5-2/h7-8,10-11,16-17,19-21,24-28,30-31,38,41,47,50,62H,4-6,9,12-15,18,22-23,29,32-37,39-40,42-46,48-49,51-61H2,1-3H3/b10-7-,11-8-,19-16-,20-17-,24-21-,27-25-,28-26-,31-30-,41-38-,50-47-. The van der Waals surface area contributed by atoms with Crippen molar-refractivity contribution < 1.29 is 28.6 Å². The molecule has 0 radical (unpaired) electrons. The highest BCUT2D eigenvalue weighted by Gasteiger charge is 2.19. The molecule has 71 heavy (non-hydrogen) atoms. The van der Waals surface area contributed by atoms with E-state index in [1.54, 1.807) is 0 Å². The van der Waals surface area contributed by atoms with Gasteiger partial charge in [0.1, 0.15) is 13.2 Å². The molecule has 0 spiro atoms. The minimum absolute atomic E-state index is 0.108. The van der Waals surface area contributed by atoms with Crippen molar-refractivity contribution >= 4 is 17.9 Å². The third-order valence-electron chi connectivity index (χ3n) is 11.9. The SMILES string of the molecule is CC/C=C\C/C=C\C/C=C\C/C=C\C/C=C\CCCC(=O)OC(COC(=O)CCCCCCC/C=C\CCCCCC)COC(=O)CCCCCCCCCCCC/C=C\C/C=C\C/C=C\C/C=C\CC. The van der Waals surface area contributed by atoms with E-state index >= 15 is 0 Å². The smallest absolute Gasteiger partial charge is 0.306 e. The van der Waals surface area contributed by atoms with Crippen LogP contribution in [0, 0.1) is 0 Å². The first-order valence-electron chi connectivity index (χ1n) is 29.0. The normalized spacial score (nSPS) is 13.0. The summed E-state index contributed by atoms with van der Waals surface area (Å²) < 4.78 is 16.8. The third-order valence-corrected chi connectivity index (χ3v) is 11.9. The number of ether oxygens (including phenoxy) is 3. The number of carbonyl (C=O) groups is 3. The van der Waals surface area contributed by atoms with Gasteiger partial charge in [-0.15, -0.1) is 0 Å². The topological polar surface area (TPSA) is 78.9 Å². The largest absolute Gasteiger partial charge is 0.462 e. The Morgan fingerprint density at radius 1 is 0.296 bits per heavy atom. The second-order valence-electron chi connectivity index (χ2n) is 18.8. The summed E-state index contributed by atoms with van der Waals surface area (Å²) in [5.74, 6) is -0.981. The Hall–Kier alpha value is -4.19. The van der Waals surface area contributed by atoms with Crippen molar-refractivity contribution in [1.82, 2.24) is 0 Å². The van der Waals surface area contributed by atoms with Gasteiger partial charge in [0.15, 0.2) is 6.10 Å². The van der Waals surface area contributed by atoms with Gasteiger partial charge in [0.25, 0.3) is 0 Å². The number of carbonyl (C=O) groups excluding carboxylic acids is 3. The highest BCUT2D eigenvalue weighted by Crippen LogP contribution is 2.14. The summed E-state index contributed by atoms with van der Waals surface area (Å²) in [6, 6.07) is 0. The average molecular weight is 984 g/mol. The van der Waals surface area contributed by atoms with Crippen LogP contribution in [0.25, 0.3) is 0 Å². The van der Waals surface area contributed by atoms with Crippen molar-refractivity contribution in [2.24, 2.45) is 0 Å². The Balaban J connectivity index is 4.44. The molecule has 0 N–H and O–H groups in total. The van der Waals surface area contributed by atoms with Crippen LogP contribution < -0.4 is 0 Å². The predicted molar refractivity (Wildman–Crippen MR) is 306 cm³/mol. The fourth-order valence-electron chi connectivity index (χ4n) is 7.64. The van der Waals surface area contributed by atoms with Crippen molar-refractivity contribution in [3.05, 3.63) is 122 Å². The lowest BCUT2D eigenvalue weighted by Gasteiger charge is -2.18. The van der Waals surface area contributed by atoms with E-state index in [2.05, 4.69) is 142 Å². The van der Waals surface area contributed by atoms with Crippen LogP contribution in [0.5, 0.6) is 0 Å². The van der Waals surface area contributed by atoms with Crippen molar-refractivity contribution in [3.63, 3.8) is 0 Å². The lowest BCUT2D eigenvalue weighted by atomic mass is 10.1. The molecule has 0 bridgehead atoms. The molecule has 0 saturated heterocycles.